The molecule has 0 fully saturated rings. The van der Waals surface area contributed by atoms with Crippen LogP contribution in [0.5, 0.6) is 0 Å². The van der Waals surface area contributed by atoms with Crippen LogP contribution in [0.25, 0.3) is 0 Å². The van der Waals surface area contributed by atoms with E-state index in [-0.39, 0.29) is 29.9 Å². The molecule has 0 atom stereocenters. The highest BCUT2D eigenvalue weighted by atomic mass is 127. The van der Waals surface area contributed by atoms with Crippen molar-refractivity contribution in [3.63, 3.8) is 0 Å². The lowest BCUT2D eigenvalue weighted by Gasteiger charge is -2.27. The van der Waals surface area contributed by atoms with E-state index in [0.29, 0.717) is 13.0 Å². The average Bonchev–Trinajstić information content (AvgIpc) is 3.07. The number of thiophene rings is 1. The standard InChI is InChI=1S/C17H28N4OS2.HI/c1-18-17(19-8-3-4-11-23-2)20-9-5-16(22)21-10-6-15-14(13-21)7-12-24-15;/h7,12H,3-6,8-11,13H2,1-2H3,(H2,18,19,20);1H. The van der Waals surface area contributed by atoms with Gasteiger partial charge in [0.25, 0.3) is 0 Å². The maximum Gasteiger partial charge on any atom is 0.224 e. The van der Waals surface area contributed by atoms with Gasteiger partial charge in [0.1, 0.15) is 0 Å². The Labute approximate surface area is 176 Å². The number of carbonyl (C=O) groups is 1. The minimum absolute atomic E-state index is 0. The Morgan fingerprint density at radius 1 is 1.36 bits per heavy atom. The number of halogens is 1. The fourth-order valence-electron chi connectivity index (χ4n) is 2.71. The first-order valence-corrected chi connectivity index (χ1v) is 10.8. The van der Waals surface area contributed by atoms with Crippen LogP contribution in [0.15, 0.2) is 16.4 Å². The number of nitrogens with one attached hydrogen (secondary N) is 2. The van der Waals surface area contributed by atoms with Crippen molar-refractivity contribution in [2.24, 2.45) is 4.99 Å². The van der Waals surface area contributed by atoms with E-state index in [2.05, 4.69) is 33.3 Å². The van der Waals surface area contributed by atoms with E-state index in [9.17, 15) is 4.79 Å². The maximum atomic E-state index is 12.4. The molecule has 2 rings (SSSR count). The molecule has 0 radical (unpaired) electrons. The molecule has 0 aliphatic carbocycles. The first kappa shape index (κ1) is 22.6. The van der Waals surface area contributed by atoms with E-state index < -0.39 is 0 Å². The monoisotopic (exact) mass is 496 g/mol. The fraction of sp³-hybridized carbons (Fsp3) is 0.647. The number of aliphatic imine (C=N–C) groups is 1. The third kappa shape index (κ3) is 7.74. The van der Waals surface area contributed by atoms with Crippen molar-refractivity contribution in [2.75, 3.05) is 38.7 Å². The SMILES string of the molecule is CN=C(NCCCCSC)NCCC(=O)N1CCc2sccc2C1.I. The molecule has 8 heteroatoms. The van der Waals surface area contributed by atoms with Gasteiger partial charge in [-0.2, -0.15) is 11.8 Å². The summed E-state index contributed by atoms with van der Waals surface area (Å²) in [6.07, 6.45) is 5.98. The van der Waals surface area contributed by atoms with Crippen LogP contribution in [0, 0.1) is 0 Å². The second kappa shape index (κ2) is 12.8. The normalized spacial score (nSPS) is 13.8. The average molecular weight is 496 g/mol. The summed E-state index contributed by atoms with van der Waals surface area (Å²) < 4.78 is 0. The summed E-state index contributed by atoms with van der Waals surface area (Å²) in [5, 5.41) is 8.65. The molecule has 2 N–H and O–H groups in total. The second-order valence-electron chi connectivity index (χ2n) is 5.81. The summed E-state index contributed by atoms with van der Waals surface area (Å²) in [5.41, 5.74) is 1.32. The Hall–Kier alpha value is -0.480. The Morgan fingerprint density at radius 2 is 2.16 bits per heavy atom. The van der Waals surface area contributed by atoms with E-state index in [1.165, 1.54) is 22.6 Å². The summed E-state index contributed by atoms with van der Waals surface area (Å²) >= 11 is 3.68. The van der Waals surface area contributed by atoms with Crippen molar-refractivity contribution in [2.45, 2.75) is 32.2 Å². The number of thioether (sulfide) groups is 1. The molecule has 1 amide bonds. The second-order valence-corrected chi connectivity index (χ2v) is 7.80. The zero-order chi connectivity index (χ0) is 17.2. The molecule has 1 aromatic rings. The zero-order valence-electron chi connectivity index (χ0n) is 15.0. The number of rotatable bonds is 8. The third-order valence-electron chi connectivity index (χ3n) is 4.08. The van der Waals surface area contributed by atoms with E-state index in [1.807, 2.05) is 16.7 Å². The molecule has 0 bridgehead atoms. The summed E-state index contributed by atoms with van der Waals surface area (Å²) in [5.74, 6) is 2.20. The van der Waals surface area contributed by atoms with E-state index in [0.717, 1.165) is 38.4 Å². The molecule has 0 saturated heterocycles. The summed E-state index contributed by atoms with van der Waals surface area (Å²) in [6, 6.07) is 2.14. The van der Waals surface area contributed by atoms with Crippen LogP contribution in [-0.4, -0.2) is 55.5 Å². The van der Waals surface area contributed by atoms with Crippen LogP contribution in [0.2, 0.25) is 0 Å². The molecule has 0 unspecified atom stereocenters. The van der Waals surface area contributed by atoms with Gasteiger partial charge in [0.05, 0.1) is 0 Å². The highest BCUT2D eigenvalue weighted by Crippen LogP contribution is 2.24. The minimum atomic E-state index is 0. The summed E-state index contributed by atoms with van der Waals surface area (Å²) in [4.78, 5) is 20.0. The van der Waals surface area contributed by atoms with Gasteiger partial charge in [0, 0.05) is 44.5 Å². The maximum absolute atomic E-state index is 12.4. The van der Waals surface area contributed by atoms with Gasteiger partial charge in [0.15, 0.2) is 5.96 Å². The van der Waals surface area contributed by atoms with Crippen LogP contribution in [0.1, 0.15) is 29.7 Å². The molecule has 0 saturated carbocycles. The van der Waals surface area contributed by atoms with Gasteiger partial charge in [-0.25, -0.2) is 0 Å². The van der Waals surface area contributed by atoms with Gasteiger partial charge < -0.3 is 15.5 Å². The van der Waals surface area contributed by atoms with Crippen LogP contribution >= 0.6 is 47.1 Å². The Bertz CT molecular complexity index is 551. The van der Waals surface area contributed by atoms with E-state index in [1.54, 1.807) is 18.4 Å². The number of amides is 1. The molecule has 2 heterocycles. The molecular weight excluding hydrogens is 467 g/mol. The van der Waals surface area contributed by atoms with Gasteiger partial charge in [-0.05, 0) is 48.3 Å². The van der Waals surface area contributed by atoms with Crippen molar-refractivity contribution < 1.29 is 4.79 Å². The molecule has 1 aliphatic heterocycles. The Morgan fingerprint density at radius 3 is 2.92 bits per heavy atom. The number of nitrogens with zero attached hydrogens (tertiary/aromatic N) is 2. The fourth-order valence-corrected chi connectivity index (χ4v) is 4.09. The third-order valence-corrected chi connectivity index (χ3v) is 5.80. The number of unbranched alkanes of at least 4 members (excludes halogenated alkanes) is 1. The zero-order valence-corrected chi connectivity index (χ0v) is 19.0. The van der Waals surface area contributed by atoms with Crippen LogP contribution in [0.3, 0.4) is 0 Å². The van der Waals surface area contributed by atoms with Crippen molar-refractivity contribution in [1.82, 2.24) is 15.5 Å². The predicted molar refractivity (Wildman–Crippen MR) is 120 cm³/mol. The number of carbonyl (C=O) groups excluding carboxylic acids is 1. The predicted octanol–water partition coefficient (Wildman–Crippen LogP) is 2.95. The molecule has 0 aromatic carbocycles. The van der Waals surface area contributed by atoms with Crippen LogP contribution < -0.4 is 10.6 Å². The molecule has 25 heavy (non-hydrogen) atoms. The smallest absolute Gasteiger partial charge is 0.224 e. The molecular formula is C17H29IN4OS2. The molecule has 142 valence electrons. The van der Waals surface area contributed by atoms with Crippen LogP contribution in [-0.2, 0) is 17.8 Å². The van der Waals surface area contributed by atoms with Crippen molar-refractivity contribution in [3.8, 4) is 0 Å². The first-order chi connectivity index (χ1) is 11.7. The van der Waals surface area contributed by atoms with E-state index in [4.69, 9.17) is 0 Å². The lowest BCUT2D eigenvalue weighted by atomic mass is 10.1. The van der Waals surface area contributed by atoms with Crippen molar-refractivity contribution in [1.29, 1.82) is 0 Å². The largest absolute Gasteiger partial charge is 0.356 e. The Balaban J connectivity index is 0.00000312. The summed E-state index contributed by atoms with van der Waals surface area (Å²) in [7, 11) is 1.77. The molecule has 1 aromatic heterocycles. The molecule has 1 aliphatic rings. The van der Waals surface area contributed by atoms with Crippen molar-refractivity contribution >= 4 is 58.9 Å². The van der Waals surface area contributed by atoms with Crippen molar-refractivity contribution in [3.05, 3.63) is 21.9 Å². The van der Waals surface area contributed by atoms with E-state index >= 15 is 0 Å². The number of fused-ring (bicyclic) bond motifs is 1. The minimum Gasteiger partial charge on any atom is -0.356 e. The van der Waals surface area contributed by atoms with Gasteiger partial charge >= 0.3 is 0 Å². The molecule has 0 spiro atoms. The van der Waals surface area contributed by atoms with Gasteiger partial charge in [-0.3, -0.25) is 9.79 Å². The number of hydrogen-bond acceptors (Lipinski definition) is 4. The van der Waals surface area contributed by atoms with Gasteiger partial charge in [-0.15, -0.1) is 35.3 Å². The molecule has 5 nitrogen and oxygen atoms in total. The Kier molecular flexibility index (Phi) is 11.6. The highest BCUT2D eigenvalue weighted by Gasteiger charge is 2.20. The van der Waals surface area contributed by atoms with Gasteiger partial charge in [-0.1, -0.05) is 0 Å². The number of guanidine groups is 1. The van der Waals surface area contributed by atoms with Gasteiger partial charge in [0.2, 0.25) is 5.91 Å². The lowest BCUT2D eigenvalue weighted by molar-refractivity contribution is -0.131. The number of hydrogen-bond donors (Lipinski definition) is 2. The first-order valence-electron chi connectivity index (χ1n) is 8.51. The lowest BCUT2D eigenvalue weighted by Crippen LogP contribution is -2.41. The summed E-state index contributed by atoms with van der Waals surface area (Å²) in [6.45, 7) is 3.15. The van der Waals surface area contributed by atoms with Crippen LogP contribution in [0.4, 0.5) is 0 Å². The topological polar surface area (TPSA) is 56.7 Å². The highest BCUT2D eigenvalue weighted by molar-refractivity contribution is 14.0. The quantitative estimate of drug-likeness (QED) is 0.252.